The molecule has 15 heavy (non-hydrogen) atoms. The fourth-order valence-electron chi connectivity index (χ4n) is 1.28. The van der Waals surface area contributed by atoms with E-state index >= 15 is 0 Å². The van der Waals surface area contributed by atoms with Gasteiger partial charge in [-0.05, 0) is 30.7 Å². The fraction of sp³-hybridized carbons (Fsp3) is 0.273. The average Bonchev–Trinajstić information content (AvgIpc) is 2.14. The van der Waals surface area contributed by atoms with Crippen molar-refractivity contribution >= 4 is 23.4 Å². The van der Waals surface area contributed by atoms with Crippen LogP contribution in [0.4, 0.5) is 0 Å². The molecule has 0 unspecified atom stereocenters. The number of Topliss-reactive ketones (excluding diaryl/α,β-unsaturated/α-hetero) is 1. The Morgan fingerprint density at radius 3 is 2.53 bits per heavy atom. The minimum atomic E-state index is -0.456. The molecule has 0 heterocycles. The van der Waals surface area contributed by atoms with Crippen LogP contribution in [0.3, 0.4) is 0 Å². The highest BCUT2D eigenvalue weighted by Gasteiger charge is 2.08. The molecule has 1 aromatic rings. The van der Waals surface area contributed by atoms with Gasteiger partial charge in [-0.25, -0.2) is 4.79 Å². The molecule has 0 saturated carbocycles. The normalized spacial score (nSPS) is 9.80. The Balaban J connectivity index is 3.04. The van der Waals surface area contributed by atoms with Crippen LogP contribution in [0.2, 0.25) is 5.02 Å². The van der Waals surface area contributed by atoms with E-state index < -0.39 is 5.97 Å². The zero-order valence-corrected chi connectivity index (χ0v) is 9.30. The van der Waals surface area contributed by atoms with Gasteiger partial charge < -0.3 is 4.74 Å². The molecule has 0 aliphatic heterocycles. The molecule has 0 aliphatic carbocycles. The summed E-state index contributed by atoms with van der Waals surface area (Å²) in [5.74, 6) is -0.435. The minimum absolute atomic E-state index is 0.0214. The van der Waals surface area contributed by atoms with E-state index in [9.17, 15) is 9.59 Å². The van der Waals surface area contributed by atoms with Crippen LogP contribution in [0.5, 0.6) is 0 Å². The summed E-state index contributed by atoms with van der Waals surface area (Å²) < 4.78 is 4.57. The SMILES string of the molecule is COC(=O)c1cc(Cl)cc(CC(C)=O)c1. The molecule has 0 atom stereocenters. The summed E-state index contributed by atoms with van der Waals surface area (Å²) in [5.41, 5.74) is 1.08. The first-order valence-electron chi connectivity index (χ1n) is 4.40. The number of rotatable bonds is 3. The maximum absolute atomic E-state index is 11.2. The maximum atomic E-state index is 11.2. The van der Waals surface area contributed by atoms with Crippen molar-refractivity contribution in [2.45, 2.75) is 13.3 Å². The van der Waals surface area contributed by atoms with Gasteiger partial charge in [0.15, 0.2) is 0 Å². The summed E-state index contributed by atoms with van der Waals surface area (Å²) in [6.45, 7) is 1.48. The number of methoxy groups -OCH3 is 1. The van der Waals surface area contributed by atoms with Crippen molar-refractivity contribution in [3.05, 3.63) is 34.3 Å². The summed E-state index contributed by atoms with van der Waals surface area (Å²) in [7, 11) is 1.30. The summed E-state index contributed by atoms with van der Waals surface area (Å²) in [4.78, 5) is 22.2. The van der Waals surface area contributed by atoms with Gasteiger partial charge in [0.25, 0.3) is 0 Å². The van der Waals surface area contributed by atoms with Crippen molar-refractivity contribution in [2.75, 3.05) is 7.11 Å². The molecule has 0 saturated heterocycles. The van der Waals surface area contributed by atoms with E-state index in [0.29, 0.717) is 10.6 Å². The summed E-state index contributed by atoms with van der Waals surface area (Å²) in [5, 5.41) is 0.425. The number of esters is 1. The summed E-state index contributed by atoms with van der Waals surface area (Å²) >= 11 is 5.82. The van der Waals surface area contributed by atoms with Gasteiger partial charge in [0.2, 0.25) is 0 Å². The fourth-order valence-corrected chi connectivity index (χ4v) is 1.53. The molecule has 0 aliphatic rings. The Hall–Kier alpha value is -1.35. The van der Waals surface area contributed by atoms with Gasteiger partial charge in [0, 0.05) is 11.4 Å². The second-order valence-electron chi connectivity index (χ2n) is 3.22. The Kier molecular flexibility index (Phi) is 3.86. The molecule has 1 rings (SSSR count). The van der Waals surface area contributed by atoms with Gasteiger partial charge >= 0.3 is 5.97 Å². The molecular formula is C11H11ClO3. The van der Waals surface area contributed by atoms with E-state index in [2.05, 4.69) is 4.74 Å². The number of halogens is 1. The van der Waals surface area contributed by atoms with E-state index in [0.717, 1.165) is 5.56 Å². The third kappa shape index (κ3) is 3.36. The zero-order valence-electron chi connectivity index (χ0n) is 8.54. The predicted molar refractivity (Wildman–Crippen MR) is 57.2 cm³/mol. The van der Waals surface area contributed by atoms with E-state index in [1.165, 1.54) is 20.1 Å². The molecule has 1 aromatic carbocycles. The second-order valence-corrected chi connectivity index (χ2v) is 3.65. The molecular weight excluding hydrogens is 216 g/mol. The second kappa shape index (κ2) is 4.94. The molecule has 0 N–H and O–H groups in total. The Bertz CT molecular complexity index is 399. The van der Waals surface area contributed by atoms with Crippen LogP contribution in [-0.4, -0.2) is 18.9 Å². The van der Waals surface area contributed by atoms with Crippen LogP contribution in [-0.2, 0) is 16.0 Å². The standard InChI is InChI=1S/C11H11ClO3/c1-7(13)3-8-4-9(11(14)15-2)6-10(12)5-8/h4-6H,3H2,1-2H3. The van der Waals surface area contributed by atoms with Gasteiger partial charge in [0.05, 0.1) is 12.7 Å². The molecule has 4 heteroatoms. The molecule has 80 valence electrons. The van der Waals surface area contributed by atoms with Crippen LogP contribution < -0.4 is 0 Å². The highest BCUT2D eigenvalue weighted by molar-refractivity contribution is 6.31. The smallest absolute Gasteiger partial charge is 0.337 e. The summed E-state index contributed by atoms with van der Waals surface area (Å²) in [6.07, 6.45) is 0.268. The van der Waals surface area contributed by atoms with E-state index in [-0.39, 0.29) is 12.2 Å². The average molecular weight is 227 g/mol. The third-order valence-corrected chi connectivity index (χ3v) is 2.05. The van der Waals surface area contributed by atoms with Crippen molar-refractivity contribution in [1.29, 1.82) is 0 Å². The molecule has 0 fully saturated rings. The van der Waals surface area contributed by atoms with Gasteiger partial charge in [-0.1, -0.05) is 11.6 Å². The number of ether oxygens (including phenoxy) is 1. The number of ketones is 1. The highest BCUT2D eigenvalue weighted by Crippen LogP contribution is 2.16. The molecule has 0 bridgehead atoms. The molecule has 0 spiro atoms. The van der Waals surface area contributed by atoms with Crippen LogP contribution >= 0.6 is 11.6 Å². The predicted octanol–water partition coefficient (Wildman–Crippen LogP) is 2.26. The zero-order chi connectivity index (χ0) is 11.4. The topological polar surface area (TPSA) is 43.4 Å². The summed E-state index contributed by atoms with van der Waals surface area (Å²) in [6, 6.07) is 4.78. The number of carbonyl (C=O) groups is 2. The maximum Gasteiger partial charge on any atom is 0.337 e. The van der Waals surface area contributed by atoms with Gasteiger partial charge in [0.1, 0.15) is 5.78 Å². The van der Waals surface area contributed by atoms with Gasteiger partial charge in [-0.3, -0.25) is 4.79 Å². The first kappa shape index (κ1) is 11.7. The van der Waals surface area contributed by atoms with Gasteiger partial charge in [-0.15, -0.1) is 0 Å². The van der Waals surface area contributed by atoms with Crippen molar-refractivity contribution in [3.8, 4) is 0 Å². The number of hydrogen-bond donors (Lipinski definition) is 0. The van der Waals surface area contributed by atoms with Crippen molar-refractivity contribution in [3.63, 3.8) is 0 Å². The van der Waals surface area contributed by atoms with Crippen LogP contribution in [0.1, 0.15) is 22.8 Å². The lowest BCUT2D eigenvalue weighted by molar-refractivity contribution is -0.116. The first-order chi connectivity index (χ1) is 7.02. The van der Waals surface area contributed by atoms with Crippen LogP contribution in [0.25, 0.3) is 0 Å². The lowest BCUT2D eigenvalue weighted by Crippen LogP contribution is -2.03. The Morgan fingerprint density at radius 2 is 2.00 bits per heavy atom. The Labute approximate surface area is 93.0 Å². The highest BCUT2D eigenvalue weighted by atomic mass is 35.5. The van der Waals surface area contributed by atoms with Crippen LogP contribution in [0.15, 0.2) is 18.2 Å². The van der Waals surface area contributed by atoms with E-state index in [1.807, 2.05) is 0 Å². The minimum Gasteiger partial charge on any atom is -0.465 e. The molecule has 0 radical (unpaired) electrons. The number of hydrogen-bond acceptors (Lipinski definition) is 3. The lowest BCUT2D eigenvalue weighted by Gasteiger charge is -2.03. The van der Waals surface area contributed by atoms with Crippen LogP contribution in [0, 0.1) is 0 Å². The Morgan fingerprint density at radius 1 is 1.33 bits per heavy atom. The quantitative estimate of drug-likeness (QED) is 0.743. The largest absolute Gasteiger partial charge is 0.465 e. The van der Waals surface area contributed by atoms with E-state index in [4.69, 9.17) is 11.6 Å². The molecule has 0 amide bonds. The number of carbonyl (C=O) groups excluding carboxylic acids is 2. The lowest BCUT2D eigenvalue weighted by atomic mass is 10.1. The van der Waals surface area contributed by atoms with E-state index in [1.54, 1.807) is 12.1 Å². The number of benzene rings is 1. The van der Waals surface area contributed by atoms with Gasteiger partial charge in [-0.2, -0.15) is 0 Å². The third-order valence-electron chi connectivity index (χ3n) is 1.83. The first-order valence-corrected chi connectivity index (χ1v) is 4.78. The van der Waals surface area contributed by atoms with Crippen molar-refractivity contribution in [1.82, 2.24) is 0 Å². The molecule has 0 aromatic heterocycles. The van der Waals surface area contributed by atoms with Crippen molar-refractivity contribution in [2.24, 2.45) is 0 Å². The van der Waals surface area contributed by atoms with Crippen molar-refractivity contribution < 1.29 is 14.3 Å². The molecule has 3 nitrogen and oxygen atoms in total. The monoisotopic (exact) mass is 226 g/mol.